The Morgan fingerprint density at radius 2 is 2.00 bits per heavy atom. The first-order chi connectivity index (χ1) is 9.86. The number of hydrogen-bond acceptors (Lipinski definition) is 2. The topological polar surface area (TPSA) is 25.2 Å². The number of rotatable bonds is 5. The Bertz CT molecular complexity index is 506. The summed E-state index contributed by atoms with van der Waals surface area (Å²) in [6.07, 6.45) is 8.25. The molecule has 0 bridgehead atoms. The second-order valence-electron chi connectivity index (χ2n) is 6.04. The molecule has 0 amide bonds. The Labute approximate surface area is 121 Å². The first-order valence-corrected chi connectivity index (χ1v) is 8.07. The van der Waals surface area contributed by atoms with Gasteiger partial charge in [0.25, 0.3) is 0 Å². The molecule has 1 N–H and O–H groups in total. The Morgan fingerprint density at radius 3 is 2.75 bits per heavy atom. The maximum Gasteiger partial charge on any atom is 0.134 e. The van der Waals surface area contributed by atoms with Crippen molar-refractivity contribution in [3.63, 3.8) is 0 Å². The van der Waals surface area contributed by atoms with Gasteiger partial charge in [0.05, 0.1) is 6.54 Å². The van der Waals surface area contributed by atoms with E-state index >= 15 is 0 Å². The molecule has 1 unspecified atom stereocenters. The summed E-state index contributed by atoms with van der Waals surface area (Å²) in [5.41, 5.74) is 0.995. The van der Waals surface area contributed by atoms with E-state index in [1.807, 2.05) is 12.1 Å². The van der Waals surface area contributed by atoms with Crippen LogP contribution in [0, 0.1) is 5.92 Å². The molecule has 1 aliphatic carbocycles. The van der Waals surface area contributed by atoms with Crippen LogP contribution in [0.2, 0.25) is 0 Å². The quantitative estimate of drug-likeness (QED) is 0.838. The summed E-state index contributed by atoms with van der Waals surface area (Å²) in [5, 5.41) is 4.93. The minimum absolute atomic E-state index is 0.642. The number of para-hydroxylation sites is 1. The molecule has 2 aromatic rings. The maximum absolute atomic E-state index is 5.89. The van der Waals surface area contributed by atoms with Gasteiger partial charge < -0.3 is 9.73 Å². The van der Waals surface area contributed by atoms with Gasteiger partial charge in [0, 0.05) is 11.4 Å². The molecule has 2 nitrogen and oxygen atoms in total. The molecular formula is C18H25NO. The zero-order valence-corrected chi connectivity index (χ0v) is 12.4. The molecule has 0 saturated heterocycles. The van der Waals surface area contributed by atoms with Gasteiger partial charge in [0.2, 0.25) is 0 Å². The fourth-order valence-corrected chi connectivity index (χ4v) is 3.54. The van der Waals surface area contributed by atoms with Crippen molar-refractivity contribution in [1.82, 2.24) is 5.32 Å². The van der Waals surface area contributed by atoms with Crippen molar-refractivity contribution < 1.29 is 4.42 Å². The summed E-state index contributed by atoms with van der Waals surface area (Å²) >= 11 is 0. The highest BCUT2D eigenvalue weighted by atomic mass is 16.3. The summed E-state index contributed by atoms with van der Waals surface area (Å²) in [4.78, 5) is 0. The standard InChI is InChI=1S/C18H25NO/c1-2-17(14-8-4-3-5-9-14)19-13-16-12-15-10-6-7-11-18(15)20-16/h6-7,10-12,14,17,19H,2-5,8-9,13H2,1H3. The van der Waals surface area contributed by atoms with Crippen LogP contribution in [0.25, 0.3) is 11.0 Å². The van der Waals surface area contributed by atoms with Gasteiger partial charge >= 0.3 is 0 Å². The monoisotopic (exact) mass is 271 g/mol. The minimum atomic E-state index is 0.642. The van der Waals surface area contributed by atoms with Crippen molar-refractivity contribution in [3.05, 3.63) is 36.1 Å². The maximum atomic E-state index is 5.89. The number of furan rings is 1. The van der Waals surface area contributed by atoms with Crippen molar-refractivity contribution in [2.45, 2.75) is 58.0 Å². The van der Waals surface area contributed by atoms with Crippen LogP contribution in [0.15, 0.2) is 34.7 Å². The molecule has 1 aromatic heterocycles. The Kier molecular flexibility index (Phi) is 4.41. The van der Waals surface area contributed by atoms with Gasteiger partial charge in [-0.1, -0.05) is 44.4 Å². The molecular weight excluding hydrogens is 246 g/mol. The van der Waals surface area contributed by atoms with Gasteiger partial charge in [-0.25, -0.2) is 0 Å². The molecule has 1 aromatic carbocycles. The third-order valence-electron chi connectivity index (χ3n) is 4.67. The highest BCUT2D eigenvalue weighted by molar-refractivity contribution is 5.77. The number of hydrogen-bond donors (Lipinski definition) is 1. The smallest absolute Gasteiger partial charge is 0.134 e. The highest BCUT2D eigenvalue weighted by Crippen LogP contribution is 2.28. The third kappa shape index (κ3) is 3.06. The predicted molar refractivity (Wildman–Crippen MR) is 83.7 cm³/mol. The van der Waals surface area contributed by atoms with Crippen LogP contribution in [0.3, 0.4) is 0 Å². The predicted octanol–water partition coefficient (Wildman–Crippen LogP) is 4.88. The second kappa shape index (κ2) is 6.45. The fourth-order valence-electron chi connectivity index (χ4n) is 3.54. The lowest BCUT2D eigenvalue weighted by Crippen LogP contribution is -2.36. The number of fused-ring (bicyclic) bond motifs is 1. The molecule has 1 fully saturated rings. The van der Waals surface area contributed by atoms with Crippen LogP contribution >= 0.6 is 0 Å². The van der Waals surface area contributed by atoms with Crippen molar-refractivity contribution in [1.29, 1.82) is 0 Å². The summed E-state index contributed by atoms with van der Waals surface area (Å²) in [6.45, 7) is 3.15. The summed E-state index contributed by atoms with van der Waals surface area (Å²) < 4.78 is 5.89. The van der Waals surface area contributed by atoms with Gasteiger partial charge in [-0.2, -0.15) is 0 Å². The lowest BCUT2D eigenvalue weighted by molar-refractivity contribution is 0.257. The number of benzene rings is 1. The Balaban J connectivity index is 1.61. The molecule has 1 saturated carbocycles. The lowest BCUT2D eigenvalue weighted by Gasteiger charge is -2.30. The minimum Gasteiger partial charge on any atom is -0.460 e. The molecule has 108 valence electrons. The van der Waals surface area contributed by atoms with E-state index in [0.29, 0.717) is 6.04 Å². The summed E-state index contributed by atoms with van der Waals surface area (Å²) in [6, 6.07) is 11.0. The molecule has 3 rings (SSSR count). The normalized spacial score (nSPS) is 18.4. The van der Waals surface area contributed by atoms with Crippen LogP contribution in [-0.4, -0.2) is 6.04 Å². The van der Waals surface area contributed by atoms with Crippen molar-refractivity contribution >= 4 is 11.0 Å². The highest BCUT2D eigenvalue weighted by Gasteiger charge is 2.22. The zero-order valence-electron chi connectivity index (χ0n) is 12.4. The fraction of sp³-hybridized carbons (Fsp3) is 0.556. The Hall–Kier alpha value is -1.28. The van der Waals surface area contributed by atoms with Gasteiger partial charge in [-0.3, -0.25) is 0 Å². The first-order valence-electron chi connectivity index (χ1n) is 8.07. The molecule has 2 heteroatoms. The van der Waals surface area contributed by atoms with Gasteiger partial charge in [0.15, 0.2) is 0 Å². The zero-order chi connectivity index (χ0) is 13.8. The van der Waals surface area contributed by atoms with Crippen LogP contribution in [0.4, 0.5) is 0 Å². The van der Waals surface area contributed by atoms with Gasteiger partial charge in [-0.05, 0) is 37.3 Å². The van der Waals surface area contributed by atoms with Crippen molar-refractivity contribution in [2.24, 2.45) is 5.92 Å². The van der Waals surface area contributed by atoms with E-state index in [2.05, 4.69) is 30.4 Å². The molecule has 1 aliphatic rings. The molecule has 0 spiro atoms. The van der Waals surface area contributed by atoms with E-state index in [9.17, 15) is 0 Å². The van der Waals surface area contributed by atoms with Crippen LogP contribution in [0.5, 0.6) is 0 Å². The SMILES string of the molecule is CCC(NCc1cc2ccccc2o1)C1CCCCC1. The van der Waals surface area contributed by atoms with E-state index in [4.69, 9.17) is 4.42 Å². The van der Waals surface area contributed by atoms with Gasteiger partial charge in [-0.15, -0.1) is 0 Å². The van der Waals surface area contributed by atoms with Crippen LogP contribution in [-0.2, 0) is 6.54 Å². The average molecular weight is 271 g/mol. The van der Waals surface area contributed by atoms with E-state index in [0.717, 1.165) is 23.8 Å². The van der Waals surface area contributed by atoms with E-state index in [1.165, 1.54) is 43.9 Å². The number of nitrogens with one attached hydrogen (secondary N) is 1. The Morgan fingerprint density at radius 1 is 1.20 bits per heavy atom. The van der Waals surface area contributed by atoms with E-state index < -0.39 is 0 Å². The average Bonchev–Trinajstić information content (AvgIpc) is 2.92. The lowest BCUT2D eigenvalue weighted by atomic mass is 9.83. The molecule has 1 heterocycles. The summed E-state index contributed by atoms with van der Waals surface area (Å²) in [5.74, 6) is 1.92. The van der Waals surface area contributed by atoms with Crippen molar-refractivity contribution in [2.75, 3.05) is 0 Å². The van der Waals surface area contributed by atoms with Gasteiger partial charge in [0.1, 0.15) is 11.3 Å². The van der Waals surface area contributed by atoms with Crippen LogP contribution < -0.4 is 5.32 Å². The van der Waals surface area contributed by atoms with E-state index in [1.54, 1.807) is 0 Å². The first kappa shape index (κ1) is 13.7. The summed E-state index contributed by atoms with van der Waals surface area (Å²) in [7, 11) is 0. The third-order valence-corrected chi connectivity index (χ3v) is 4.67. The molecule has 1 atom stereocenters. The second-order valence-corrected chi connectivity index (χ2v) is 6.04. The van der Waals surface area contributed by atoms with E-state index in [-0.39, 0.29) is 0 Å². The van der Waals surface area contributed by atoms with Crippen LogP contribution in [0.1, 0.15) is 51.2 Å². The molecule has 20 heavy (non-hydrogen) atoms. The molecule has 0 aliphatic heterocycles. The molecule has 0 radical (unpaired) electrons. The van der Waals surface area contributed by atoms with Crippen molar-refractivity contribution in [3.8, 4) is 0 Å². The largest absolute Gasteiger partial charge is 0.460 e.